The van der Waals surface area contributed by atoms with Gasteiger partial charge >= 0.3 is 5.97 Å². The Balaban J connectivity index is 2.37. The number of benzene rings is 2. The molecule has 0 radical (unpaired) electrons. The highest BCUT2D eigenvalue weighted by Gasteiger charge is 2.13. The van der Waals surface area contributed by atoms with Gasteiger partial charge in [-0.15, -0.1) is 0 Å². The third-order valence-corrected chi connectivity index (χ3v) is 3.17. The summed E-state index contributed by atoms with van der Waals surface area (Å²) >= 11 is 8.74. The quantitative estimate of drug-likeness (QED) is 0.874. The Kier molecular flexibility index (Phi) is 4.07. The number of carboxylic acid groups (broad SMARTS) is 1. The van der Waals surface area contributed by atoms with Gasteiger partial charge in [-0.1, -0.05) is 11.6 Å². The second-order valence-corrected chi connectivity index (χ2v) is 4.91. The van der Waals surface area contributed by atoms with E-state index < -0.39 is 11.8 Å². The van der Waals surface area contributed by atoms with Crippen molar-refractivity contribution >= 4 is 33.5 Å². The van der Waals surface area contributed by atoms with E-state index in [0.29, 0.717) is 4.47 Å². The summed E-state index contributed by atoms with van der Waals surface area (Å²) < 4.78 is 19.0. The van der Waals surface area contributed by atoms with Gasteiger partial charge in [-0.2, -0.15) is 0 Å². The monoisotopic (exact) mass is 344 g/mol. The van der Waals surface area contributed by atoms with Crippen molar-refractivity contribution in [3.05, 3.63) is 57.3 Å². The minimum absolute atomic E-state index is 0.0872. The van der Waals surface area contributed by atoms with Crippen molar-refractivity contribution in [2.75, 3.05) is 0 Å². The zero-order valence-electron chi connectivity index (χ0n) is 9.36. The van der Waals surface area contributed by atoms with E-state index in [4.69, 9.17) is 21.4 Å². The van der Waals surface area contributed by atoms with Crippen molar-refractivity contribution in [1.29, 1.82) is 0 Å². The molecule has 98 valence electrons. The highest BCUT2D eigenvalue weighted by atomic mass is 79.9. The molecule has 0 atom stereocenters. The first kappa shape index (κ1) is 13.8. The molecule has 0 spiro atoms. The van der Waals surface area contributed by atoms with Crippen LogP contribution in [-0.2, 0) is 0 Å². The van der Waals surface area contributed by atoms with E-state index in [1.165, 1.54) is 30.3 Å². The molecule has 1 N–H and O–H groups in total. The molecule has 0 aliphatic rings. The van der Waals surface area contributed by atoms with E-state index in [0.717, 1.165) is 6.07 Å². The summed E-state index contributed by atoms with van der Waals surface area (Å²) in [5.74, 6) is -1.37. The second-order valence-electron chi connectivity index (χ2n) is 3.62. The fourth-order valence-corrected chi connectivity index (χ4v) is 1.84. The van der Waals surface area contributed by atoms with Crippen LogP contribution in [0, 0.1) is 5.82 Å². The van der Waals surface area contributed by atoms with Crippen molar-refractivity contribution < 1.29 is 19.0 Å². The number of hydrogen-bond donors (Lipinski definition) is 1. The Morgan fingerprint density at radius 1 is 1.26 bits per heavy atom. The average molecular weight is 346 g/mol. The number of rotatable bonds is 3. The Labute approximate surface area is 121 Å². The maximum Gasteiger partial charge on any atom is 0.339 e. The highest BCUT2D eigenvalue weighted by Crippen LogP contribution is 2.29. The largest absolute Gasteiger partial charge is 0.478 e. The van der Waals surface area contributed by atoms with Crippen LogP contribution < -0.4 is 4.74 Å². The van der Waals surface area contributed by atoms with Crippen molar-refractivity contribution in [3.8, 4) is 11.5 Å². The first-order valence-electron chi connectivity index (χ1n) is 5.13. The molecule has 0 aliphatic heterocycles. The third-order valence-electron chi connectivity index (χ3n) is 2.29. The Morgan fingerprint density at radius 3 is 2.63 bits per heavy atom. The van der Waals surface area contributed by atoms with Crippen molar-refractivity contribution in [1.82, 2.24) is 0 Å². The van der Waals surface area contributed by atoms with Crippen LogP contribution in [0.4, 0.5) is 4.39 Å². The van der Waals surface area contributed by atoms with Crippen LogP contribution in [0.3, 0.4) is 0 Å². The molecule has 19 heavy (non-hydrogen) atoms. The SMILES string of the molecule is O=C(O)c1cc(Cl)ccc1Oc1ccc(Br)c(F)c1. The van der Waals surface area contributed by atoms with Gasteiger partial charge in [0.15, 0.2) is 0 Å². The van der Waals surface area contributed by atoms with Crippen molar-refractivity contribution in [2.24, 2.45) is 0 Å². The number of aromatic carboxylic acids is 1. The maximum atomic E-state index is 13.3. The molecule has 0 aliphatic carbocycles. The second kappa shape index (κ2) is 5.59. The van der Waals surface area contributed by atoms with E-state index >= 15 is 0 Å². The van der Waals surface area contributed by atoms with E-state index in [1.807, 2.05) is 0 Å². The normalized spacial score (nSPS) is 10.3. The predicted molar refractivity (Wildman–Crippen MR) is 72.6 cm³/mol. The fraction of sp³-hybridized carbons (Fsp3) is 0. The van der Waals surface area contributed by atoms with Crippen molar-refractivity contribution in [2.45, 2.75) is 0 Å². The smallest absolute Gasteiger partial charge is 0.339 e. The Hall–Kier alpha value is -1.59. The zero-order chi connectivity index (χ0) is 14.0. The number of carboxylic acids is 1. The molecule has 3 nitrogen and oxygen atoms in total. The third kappa shape index (κ3) is 3.24. The number of carbonyl (C=O) groups is 1. The molecule has 0 fully saturated rings. The molecule has 0 unspecified atom stereocenters. The minimum Gasteiger partial charge on any atom is -0.478 e. The van der Waals surface area contributed by atoms with Gasteiger partial charge in [-0.3, -0.25) is 0 Å². The van der Waals surface area contributed by atoms with Gasteiger partial charge in [-0.25, -0.2) is 9.18 Å². The van der Waals surface area contributed by atoms with Crippen LogP contribution in [0.15, 0.2) is 40.9 Å². The molecule has 6 heteroatoms. The molecule has 0 saturated heterocycles. The molecule has 2 aromatic rings. The molecular formula is C13H7BrClFO3. The summed E-state index contributed by atoms with van der Waals surface area (Å²) in [4.78, 5) is 11.1. The van der Waals surface area contributed by atoms with Gasteiger partial charge in [0.05, 0.1) is 4.47 Å². The molecule has 2 aromatic carbocycles. The van der Waals surface area contributed by atoms with Crippen LogP contribution in [0.1, 0.15) is 10.4 Å². The van der Waals surface area contributed by atoms with Gasteiger partial charge in [0, 0.05) is 11.1 Å². The van der Waals surface area contributed by atoms with Crippen LogP contribution in [0.2, 0.25) is 5.02 Å². The van der Waals surface area contributed by atoms with Crippen LogP contribution in [-0.4, -0.2) is 11.1 Å². The summed E-state index contributed by atoms with van der Waals surface area (Å²) in [6.45, 7) is 0. The lowest BCUT2D eigenvalue weighted by molar-refractivity contribution is 0.0694. The predicted octanol–water partition coefficient (Wildman–Crippen LogP) is 4.73. The highest BCUT2D eigenvalue weighted by molar-refractivity contribution is 9.10. The Morgan fingerprint density at radius 2 is 2.00 bits per heavy atom. The first-order valence-corrected chi connectivity index (χ1v) is 6.30. The number of hydrogen-bond acceptors (Lipinski definition) is 2. The van der Waals surface area contributed by atoms with Crippen molar-refractivity contribution in [3.63, 3.8) is 0 Å². The molecule has 0 saturated carbocycles. The lowest BCUT2D eigenvalue weighted by atomic mass is 10.2. The number of halogens is 3. The van der Waals surface area contributed by atoms with Gasteiger partial charge in [0.25, 0.3) is 0 Å². The summed E-state index contributed by atoms with van der Waals surface area (Å²) in [6.07, 6.45) is 0. The molecule has 0 amide bonds. The van der Waals surface area contributed by atoms with Crippen LogP contribution in [0.5, 0.6) is 11.5 Å². The summed E-state index contributed by atoms with van der Waals surface area (Å²) in [5.41, 5.74) is -0.0872. The molecular weight excluding hydrogens is 338 g/mol. The summed E-state index contributed by atoms with van der Waals surface area (Å²) in [5, 5.41) is 9.33. The molecule has 2 rings (SSSR count). The number of ether oxygens (including phenoxy) is 1. The summed E-state index contributed by atoms with van der Waals surface area (Å²) in [7, 11) is 0. The summed E-state index contributed by atoms with van der Waals surface area (Å²) in [6, 6.07) is 8.34. The van der Waals surface area contributed by atoms with E-state index in [2.05, 4.69) is 15.9 Å². The Bertz CT molecular complexity index is 646. The van der Waals surface area contributed by atoms with Gasteiger partial charge in [0.1, 0.15) is 22.9 Å². The topological polar surface area (TPSA) is 46.5 Å². The standard InChI is InChI=1S/C13H7BrClFO3/c14-10-3-2-8(6-11(10)16)19-12-4-1-7(15)5-9(12)13(17)18/h1-6H,(H,17,18). The lowest BCUT2D eigenvalue weighted by Gasteiger charge is -2.09. The molecule has 0 aromatic heterocycles. The van der Waals surface area contributed by atoms with E-state index in [1.54, 1.807) is 0 Å². The fourth-order valence-electron chi connectivity index (χ4n) is 1.43. The molecule has 0 bridgehead atoms. The maximum absolute atomic E-state index is 13.3. The van der Waals surface area contributed by atoms with E-state index in [9.17, 15) is 9.18 Å². The average Bonchev–Trinajstić information content (AvgIpc) is 2.36. The first-order chi connectivity index (χ1) is 8.97. The minimum atomic E-state index is -1.17. The van der Waals surface area contributed by atoms with Gasteiger partial charge in [0.2, 0.25) is 0 Å². The zero-order valence-corrected chi connectivity index (χ0v) is 11.7. The van der Waals surface area contributed by atoms with Crippen LogP contribution in [0.25, 0.3) is 0 Å². The van der Waals surface area contributed by atoms with E-state index in [-0.39, 0.29) is 22.1 Å². The van der Waals surface area contributed by atoms with Gasteiger partial charge < -0.3 is 9.84 Å². The lowest BCUT2D eigenvalue weighted by Crippen LogP contribution is -2.00. The van der Waals surface area contributed by atoms with Gasteiger partial charge in [-0.05, 0) is 46.3 Å². The molecule has 0 heterocycles. The van der Waals surface area contributed by atoms with Crippen LogP contribution >= 0.6 is 27.5 Å².